The fraction of sp³-hybridized carbons (Fsp3) is 0.333. The number of aromatic nitrogens is 5. The first-order valence-electron chi connectivity index (χ1n) is 8.31. The summed E-state index contributed by atoms with van der Waals surface area (Å²) in [5, 5.41) is 15.4. The van der Waals surface area contributed by atoms with E-state index in [0.29, 0.717) is 6.54 Å². The first-order chi connectivity index (χ1) is 12.2. The summed E-state index contributed by atoms with van der Waals surface area (Å²) in [6, 6.07) is 12.2. The molecule has 7 nitrogen and oxygen atoms in total. The van der Waals surface area contributed by atoms with Crippen LogP contribution in [0.15, 0.2) is 42.6 Å². The highest BCUT2D eigenvalue weighted by Gasteiger charge is 2.12. The van der Waals surface area contributed by atoms with Gasteiger partial charge in [0.15, 0.2) is 11.6 Å². The monoisotopic (exact) mass is 338 g/mol. The van der Waals surface area contributed by atoms with Crippen molar-refractivity contribution in [3.63, 3.8) is 0 Å². The van der Waals surface area contributed by atoms with Gasteiger partial charge in [0.1, 0.15) is 5.75 Å². The molecule has 0 aliphatic rings. The van der Waals surface area contributed by atoms with Crippen LogP contribution in [0, 0.1) is 0 Å². The van der Waals surface area contributed by atoms with E-state index in [1.54, 1.807) is 18.0 Å². The maximum absolute atomic E-state index is 5.19. The van der Waals surface area contributed by atoms with Crippen LogP contribution in [0.1, 0.15) is 36.8 Å². The molecule has 2 aromatic heterocycles. The quantitative estimate of drug-likeness (QED) is 0.713. The van der Waals surface area contributed by atoms with Crippen molar-refractivity contribution in [2.24, 2.45) is 0 Å². The second kappa shape index (κ2) is 7.85. The van der Waals surface area contributed by atoms with E-state index in [0.717, 1.165) is 23.8 Å². The van der Waals surface area contributed by atoms with Crippen LogP contribution in [0.3, 0.4) is 0 Å². The topological polar surface area (TPSA) is 77.8 Å². The van der Waals surface area contributed by atoms with Gasteiger partial charge in [0.25, 0.3) is 0 Å². The molecule has 0 aliphatic heterocycles. The molecule has 0 unspecified atom stereocenters. The number of ether oxygens (including phenoxy) is 1. The van der Waals surface area contributed by atoms with Gasteiger partial charge in [0.05, 0.1) is 13.7 Å². The smallest absolute Gasteiger partial charge is 0.172 e. The molecule has 0 spiro atoms. The molecule has 0 aliphatic carbocycles. The van der Waals surface area contributed by atoms with Crippen molar-refractivity contribution in [1.29, 1.82) is 0 Å². The van der Waals surface area contributed by atoms with Crippen LogP contribution < -0.4 is 10.1 Å². The third kappa shape index (κ3) is 4.00. The van der Waals surface area contributed by atoms with Crippen LogP contribution >= 0.6 is 0 Å². The summed E-state index contributed by atoms with van der Waals surface area (Å²) in [5.74, 6) is 2.31. The summed E-state index contributed by atoms with van der Waals surface area (Å²) in [6.45, 7) is 4.75. The van der Waals surface area contributed by atoms with Gasteiger partial charge < -0.3 is 10.1 Å². The number of aryl methyl sites for hydroxylation is 1. The average Bonchev–Trinajstić information content (AvgIpc) is 3.15. The number of nitrogens with zero attached hydrogens (tertiary/aromatic N) is 5. The molecule has 0 fully saturated rings. The molecule has 1 N–H and O–H groups in total. The molecule has 0 saturated carbocycles. The van der Waals surface area contributed by atoms with Gasteiger partial charge in [-0.1, -0.05) is 19.1 Å². The first-order valence-corrected chi connectivity index (χ1v) is 8.31. The van der Waals surface area contributed by atoms with Crippen molar-refractivity contribution in [1.82, 2.24) is 30.5 Å². The normalized spacial score (nSPS) is 12.1. The van der Waals surface area contributed by atoms with Gasteiger partial charge in [0.2, 0.25) is 0 Å². The largest absolute Gasteiger partial charge is 0.497 e. The van der Waals surface area contributed by atoms with Gasteiger partial charge in [-0.25, -0.2) is 4.98 Å². The van der Waals surface area contributed by atoms with E-state index in [2.05, 4.69) is 39.7 Å². The number of hydrogen-bond donors (Lipinski definition) is 1. The molecule has 1 atom stereocenters. The summed E-state index contributed by atoms with van der Waals surface area (Å²) in [7, 11) is 1.66. The Labute approximate surface area is 147 Å². The highest BCUT2D eigenvalue weighted by atomic mass is 16.5. The molecule has 130 valence electrons. The van der Waals surface area contributed by atoms with Gasteiger partial charge in [-0.2, -0.15) is 4.68 Å². The molecule has 3 aromatic rings. The molecule has 7 heteroatoms. The fourth-order valence-electron chi connectivity index (χ4n) is 2.55. The van der Waals surface area contributed by atoms with Crippen LogP contribution in [0.5, 0.6) is 5.75 Å². The zero-order valence-electron chi connectivity index (χ0n) is 14.7. The third-order valence-electron chi connectivity index (χ3n) is 4.15. The van der Waals surface area contributed by atoms with Gasteiger partial charge >= 0.3 is 0 Å². The van der Waals surface area contributed by atoms with Crippen LogP contribution in [0.4, 0.5) is 0 Å². The lowest BCUT2D eigenvalue weighted by Crippen LogP contribution is -2.21. The van der Waals surface area contributed by atoms with Crippen molar-refractivity contribution in [2.45, 2.75) is 32.9 Å². The first kappa shape index (κ1) is 17.0. The minimum absolute atomic E-state index is 0.158. The number of tetrazole rings is 1. The van der Waals surface area contributed by atoms with Crippen molar-refractivity contribution >= 4 is 0 Å². The number of rotatable bonds is 7. The standard InChI is InChI=1S/C18H22N6O/c1-4-14-9-10-19-17(11-14)24-18(21-22-23-24)12-20-13(2)15-5-7-16(25-3)8-6-15/h5-11,13,20H,4,12H2,1-3H3/t13-/m0/s1. The Bertz CT molecular complexity index is 814. The second-order valence-corrected chi connectivity index (χ2v) is 5.76. The number of hydrogen-bond acceptors (Lipinski definition) is 6. The number of benzene rings is 1. The van der Waals surface area contributed by atoms with Crippen LogP contribution in [-0.2, 0) is 13.0 Å². The lowest BCUT2D eigenvalue weighted by molar-refractivity contribution is 0.414. The Kier molecular flexibility index (Phi) is 5.35. The molecule has 3 rings (SSSR count). The highest BCUT2D eigenvalue weighted by Crippen LogP contribution is 2.17. The fourth-order valence-corrected chi connectivity index (χ4v) is 2.55. The van der Waals surface area contributed by atoms with Crippen molar-refractivity contribution < 1.29 is 4.74 Å². The van der Waals surface area contributed by atoms with E-state index in [1.165, 1.54) is 11.1 Å². The van der Waals surface area contributed by atoms with E-state index in [-0.39, 0.29) is 6.04 Å². The molecule has 25 heavy (non-hydrogen) atoms. The summed E-state index contributed by atoms with van der Waals surface area (Å²) < 4.78 is 6.87. The van der Waals surface area contributed by atoms with E-state index >= 15 is 0 Å². The lowest BCUT2D eigenvalue weighted by Gasteiger charge is -2.14. The Morgan fingerprint density at radius 3 is 2.72 bits per heavy atom. The maximum atomic E-state index is 5.19. The van der Waals surface area contributed by atoms with Gasteiger partial charge in [-0.05, 0) is 59.2 Å². The summed E-state index contributed by atoms with van der Waals surface area (Å²) in [6.07, 6.45) is 2.73. The maximum Gasteiger partial charge on any atom is 0.172 e. The highest BCUT2D eigenvalue weighted by molar-refractivity contribution is 5.29. The second-order valence-electron chi connectivity index (χ2n) is 5.76. The number of nitrogens with one attached hydrogen (secondary N) is 1. The molecule has 0 radical (unpaired) electrons. The van der Waals surface area contributed by atoms with Crippen molar-refractivity contribution in [3.8, 4) is 11.6 Å². The van der Waals surface area contributed by atoms with Gasteiger partial charge in [0, 0.05) is 12.2 Å². The summed E-state index contributed by atoms with van der Waals surface area (Å²) in [5.41, 5.74) is 2.37. The van der Waals surface area contributed by atoms with Gasteiger partial charge in [-0.15, -0.1) is 5.10 Å². The molecular weight excluding hydrogens is 316 g/mol. The molecule has 0 amide bonds. The minimum atomic E-state index is 0.158. The SMILES string of the molecule is CCc1ccnc(-n2nnnc2CN[C@@H](C)c2ccc(OC)cc2)c1. The Morgan fingerprint density at radius 2 is 2.00 bits per heavy atom. The predicted molar refractivity (Wildman–Crippen MR) is 94.6 cm³/mol. The van der Waals surface area contributed by atoms with Gasteiger partial charge in [-0.3, -0.25) is 0 Å². The molecule has 1 aromatic carbocycles. The van der Waals surface area contributed by atoms with Crippen LogP contribution in [0.2, 0.25) is 0 Å². The predicted octanol–water partition coefficient (Wildman–Crippen LogP) is 2.48. The Balaban J connectivity index is 1.70. The van der Waals surface area contributed by atoms with Crippen LogP contribution in [-0.4, -0.2) is 32.3 Å². The van der Waals surface area contributed by atoms with Crippen LogP contribution in [0.25, 0.3) is 5.82 Å². The lowest BCUT2D eigenvalue weighted by atomic mass is 10.1. The molecule has 2 heterocycles. The number of methoxy groups -OCH3 is 1. The molecular formula is C18H22N6O. The average molecular weight is 338 g/mol. The van der Waals surface area contributed by atoms with Crippen molar-refractivity contribution in [2.75, 3.05) is 7.11 Å². The third-order valence-corrected chi connectivity index (χ3v) is 4.15. The van der Waals surface area contributed by atoms with E-state index in [9.17, 15) is 0 Å². The van der Waals surface area contributed by atoms with E-state index < -0.39 is 0 Å². The Morgan fingerprint density at radius 1 is 1.20 bits per heavy atom. The molecule has 0 bridgehead atoms. The van der Waals surface area contributed by atoms with E-state index in [1.807, 2.05) is 36.4 Å². The van der Waals surface area contributed by atoms with E-state index in [4.69, 9.17) is 4.74 Å². The number of pyridine rings is 1. The minimum Gasteiger partial charge on any atom is -0.497 e. The van der Waals surface area contributed by atoms with Crippen molar-refractivity contribution in [3.05, 3.63) is 59.5 Å². The summed E-state index contributed by atoms with van der Waals surface area (Å²) in [4.78, 5) is 4.37. The zero-order valence-corrected chi connectivity index (χ0v) is 14.7. The zero-order chi connectivity index (χ0) is 17.6. The Hall–Kier alpha value is -2.80. The molecule has 0 saturated heterocycles. The summed E-state index contributed by atoms with van der Waals surface area (Å²) >= 11 is 0.